The number of hydrogen-bond donors (Lipinski definition) is 2. The first-order valence-corrected chi connectivity index (χ1v) is 5.70. The van der Waals surface area contributed by atoms with Crippen LogP contribution < -0.4 is 10.6 Å². The zero-order valence-corrected chi connectivity index (χ0v) is 9.92. The Bertz CT molecular complexity index is 322. The van der Waals surface area contributed by atoms with Gasteiger partial charge in [-0.3, -0.25) is 4.79 Å². The van der Waals surface area contributed by atoms with Gasteiger partial charge in [0, 0.05) is 13.6 Å². The lowest BCUT2D eigenvalue weighted by Gasteiger charge is -2.04. The molecule has 0 fully saturated rings. The summed E-state index contributed by atoms with van der Waals surface area (Å²) in [7, 11) is 1.82. The molecule has 88 valence electrons. The molecule has 0 atom stereocenters. The number of nitrogens with zero attached hydrogens (tertiary/aromatic N) is 1. The van der Waals surface area contributed by atoms with Crippen LogP contribution >= 0.6 is 0 Å². The average Bonchev–Trinajstić information content (AvgIpc) is 2.34. The zero-order valence-electron chi connectivity index (χ0n) is 9.92. The second-order valence-electron chi connectivity index (χ2n) is 3.65. The maximum Gasteiger partial charge on any atom is 0.269 e. The highest BCUT2D eigenvalue weighted by molar-refractivity contribution is 5.92. The molecule has 1 aromatic rings. The van der Waals surface area contributed by atoms with Gasteiger partial charge in [-0.2, -0.15) is 0 Å². The van der Waals surface area contributed by atoms with Gasteiger partial charge in [0.15, 0.2) is 0 Å². The smallest absolute Gasteiger partial charge is 0.269 e. The fourth-order valence-corrected chi connectivity index (χ4v) is 1.34. The highest BCUT2D eigenvalue weighted by Gasteiger charge is 2.05. The Morgan fingerprint density at radius 3 is 2.75 bits per heavy atom. The van der Waals surface area contributed by atoms with E-state index >= 15 is 0 Å². The molecule has 0 bridgehead atoms. The van der Waals surface area contributed by atoms with Crippen LogP contribution in [0.15, 0.2) is 18.3 Å². The van der Waals surface area contributed by atoms with Crippen molar-refractivity contribution < 1.29 is 4.79 Å². The number of rotatable bonds is 6. The van der Waals surface area contributed by atoms with Crippen molar-refractivity contribution >= 4 is 11.6 Å². The van der Waals surface area contributed by atoms with Gasteiger partial charge >= 0.3 is 0 Å². The zero-order chi connectivity index (χ0) is 11.8. The molecule has 1 rings (SSSR count). The van der Waals surface area contributed by atoms with E-state index < -0.39 is 0 Å². The quantitative estimate of drug-likeness (QED) is 0.723. The summed E-state index contributed by atoms with van der Waals surface area (Å²) in [5, 5.41) is 5.81. The number of hydrogen-bond acceptors (Lipinski definition) is 3. The van der Waals surface area contributed by atoms with Crippen LogP contribution in [0.2, 0.25) is 0 Å². The highest BCUT2D eigenvalue weighted by atomic mass is 16.1. The predicted molar refractivity (Wildman–Crippen MR) is 65.6 cm³/mol. The Morgan fingerprint density at radius 1 is 1.38 bits per heavy atom. The standard InChI is InChI=1S/C12H19N3O/c1-3-4-5-8-14-12(16)11-7-6-10(13-2)9-15-11/h6-7,9,13H,3-5,8H2,1-2H3,(H,14,16). The minimum Gasteiger partial charge on any atom is -0.387 e. The van der Waals surface area contributed by atoms with Gasteiger partial charge in [0.1, 0.15) is 5.69 Å². The topological polar surface area (TPSA) is 54.0 Å². The van der Waals surface area contributed by atoms with E-state index in [1.54, 1.807) is 12.3 Å². The van der Waals surface area contributed by atoms with Crippen molar-refractivity contribution in [2.24, 2.45) is 0 Å². The molecule has 1 amide bonds. The van der Waals surface area contributed by atoms with Gasteiger partial charge in [0.25, 0.3) is 5.91 Å². The van der Waals surface area contributed by atoms with Crippen molar-refractivity contribution in [2.45, 2.75) is 26.2 Å². The summed E-state index contributed by atoms with van der Waals surface area (Å²) in [6.07, 6.45) is 4.98. The lowest BCUT2D eigenvalue weighted by Crippen LogP contribution is -2.25. The Labute approximate surface area is 96.5 Å². The molecule has 0 radical (unpaired) electrons. The van der Waals surface area contributed by atoms with E-state index in [4.69, 9.17) is 0 Å². The Balaban J connectivity index is 2.40. The molecular weight excluding hydrogens is 202 g/mol. The molecule has 0 aliphatic carbocycles. The molecule has 0 aliphatic heterocycles. The molecule has 2 N–H and O–H groups in total. The number of anilines is 1. The van der Waals surface area contributed by atoms with Crippen LogP contribution in [-0.4, -0.2) is 24.5 Å². The van der Waals surface area contributed by atoms with E-state index in [0.29, 0.717) is 5.69 Å². The van der Waals surface area contributed by atoms with Crippen molar-refractivity contribution in [1.29, 1.82) is 0 Å². The normalized spacial score (nSPS) is 9.88. The van der Waals surface area contributed by atoms with Crippen molar-refractivity contribution in [3.05, 3.63) is 24.0 Å². The van der Waals surface area contributed by atoms with Crippen molar-refractivity contribution in [3.63, 3.8) is 0 Å². The van der Waals surface area contributed by atoms with Gasteiger partial charge in [-0.25, -0.2) is 4.98 Å². The van der Waals surface area contributed by atoms with E-state index in [-0.39, 0.29) is 5.91 Å². The molecule has 4 heteroatoms. The Hall–Kier alpha value is -1.58. The van der Waals surface area contributed by atoms with E-state index in [1.807, 2.05) is 13.1 Å². The molecule has 0 unspecified atom stereocenters. The SMILES string of the molecule is CCCCCNC(=O)c1ccc(NC)cn1. The molecule has 4 nitrogen and oxygen atoms in total. The largest absolute Gasteiger partial charge is 0.387 e. The Morgan fingerprint density at radius 2 is 2.19 bits per heavy atom. The van der Waals surface area contributed by atoms with E-state index in [2.05, 4.69) is 22.5 Å². The molecule has 1 heterocycles. The fourth-order valence-electron chi connectivity index (χ4n) is 1.34. The number of pyridine rings is 1. The monoisotopic (exact) mass is 221 g/mol. The first-order chi connectivity index (χ1) is 7.77. The molecular formula is C12H19N3O. The van der Waals surface area contributed by atoms with Crippen molar-refractivity contribution in [3.8, 4) is 0 Å². The molecule has 1 aromatic heterocycles. The summed E-state index contributed by atoms with van der Waals surface area (Å²) < 4.78 is 0. The van der Waals surface area contributed by atoms with Gasteiger partial charge in [-0.05, 0) is 18.6 Å². The van der Waals surface area contributed by atoms with Crippen LogP contribution in [0, 0.1) is 0 Å². The molecule has 0 aliphatic rings. The van der Waals surface area contributed by atoms with E-state index in [9.17, 15) is 4.79 Å². The first kappa shape index (κ1) is 12.5. The molecule has 0 aromatic carbocycles. The minimum absolute atomic E-state index is 0.0984. The molecule has 16 heavy (non-hydrogen) atoms. The van der Waals surface area contributed by atoms with Crippen LogP contribution in [0.1, 0.15) is 36.7 Å². The second kappa shape index (κ2) is 6.82. The fraction of sp³-hybridized carbons (Fsp3) is 0.500. The lowest BCUT2D eigenvalue weighted by molar-refractivity contribution is 0.0948. The van der Waals surface area contributed by atoms with Gasteiger partial charge in [0.05, 0.1) is 11.9 Å². The number of nitrogens with one attached hydrogen (secondary N) is 2. The predicted octanol–water partition coefficient (Wildman–Crippen LogP) is 2.04. The van der Waals surface area contributed by atoms with Crippen LogP contribution in [0.4, 0.5) is 5.69 Å². The van der Waals surface area contributed by atoms with Crippen LogP contribution in [-0.2, 0) is 0 Å². The van der Waals surface area contributed by atoms with Gasteiger partial charge < -0.3 is 10.6 Å². The maximum absolute atomic E-state index is 11.6. The summed E-state index contributed by atoms with van der Waals surface area (Å²) in [6.45, 7) is 2.86. The van der Waals surface area contributed by atoms with Crippen molar-refractivity contribution in [2.75, 3.05) is 18.9 Å². The number of carbonyl (C=O) groups excluding carboxylic acids is 1. The third kappa shape index (κ3) is 3.88. The summed E-state index contributed by atoms with van der Waals surface area (Å²) in [5.41, 5.74) is 1.37. The molecule has 0 spiro atoms. The lowest BCUT2D eigenvalue weighted by atomic mass is 10.2. The number of amides is 1. The number of unbranched alkanes of at least 4 members (excludes halogenated alkanes) is 2. The average molecular weight is 221 g/mol. The Kier molecular flexibility index (Phi) is 5.32. The van der Waals surface area contributed by atoms with Gasteiger partial charge in [-0.1, -0.05) is 19.8 Å². The number of carbonyl (C=O) groups is 1. The third-order valence-electron chi connectivity index (χ3n) is 2.35. The van der Waals surface area contributed by atoms with E-state index in [1.165, 1.54) is 0 Å². The highest BCUT2D eigenvalue weighted by Crippen LogP contribution is 2.04. The summed E-state index contributed by atoms with van der Waals surface area (Å²) in [5.74, 6) is -0.0984. The van der Waals surface area contributed by atoms with Gasteiger partial charge in [-0.15, -0.1) is 0 Å². The molecule has 0 saturated carbocycles. The first-order valence-electron chi connectivity index (χ1n) is 5.70. The van der Waals surface area contributed by atoms with E-state index in [0.717, 1.165) is 31.5 Å². The third-order valence-corrected chi connectivity index (χ3v) is 2.35. The van der Waals surface area contributed by atoms with Crippen LogP contribution in [0.3, 0.4) is 0 Å². The van der Waals surface area contributed by atoms with Crippen molar-refractivity contribution in [1.82, 2.24) is 10.3 Å². The second-order valence-corrected chi connectivity index (χ2v) is 3.65. The minimum atomic E-state index is -0.0984. The summed E-state index contributed by atoms with van der Waals surface area (Å²) >= 11 is 0. The van der Waals surface area contributed by atoms with Crippen LogP contribution in [0.5, 0.6) is 0 Å². The molecule has 0 saturated heterocycles. The summed E-state index contributed by atoms with van der Waals surface area (Å²) in [4.78, 5) is 15.7. The maximum atomic E-state index is 11.6. The van der Waals surface area contributed by atoms with Crippen LogP contribution in [0.25, 0.3) is 0 Å². The van der Waals surface area contributed by atoms with Gasteiger partial charge in [0.2, 0.25) is 0 Å². The number of aromatic nitrogens is 1. The summed E-state index contributed by atoms with van der Waals surface area (Å²) in [6, 6.07) is 3.56.